The number of hydrogen-bond donors (Lipinski definition) is 1. The summed E-state index contributed by atoms with van der Waals surface area (Å²) in [5, 5.41) is 11.3. The van der Waals surface area contributed by atoms with Crippen molar-refractivity contribution in [2.75, 3.05) is 0 Å². The molecule has 0 saturated heterocycles. The van der Waals surface area contributed by atoms with E-state index in [9.17, 15) is 0 Å². The molecule has 0 aliphatic heterocycles. The van der Waals surface area contributed by atoms with Crippen LogP contribution in [0.4, 0.5) is 0 Å². The van der Waals surface area contributed by atoms with Crippen molar-refractivity contribution in [2.45, 2.75) is 6.42 Å². The maximum Gasteiger partial charge on any atom is 0.0736 e. The van der Waals surface area contributed by atoms with Gasteiger partial charge in [0.2, 0.25) is 0 Å². The molecule has 1 aromatic carbocycles. The molecule has 62 valence electrons. The fraction of sp³-hybridized carbons (Fsp3) is 0.100. The van der Waals surface area contributed by atoms with Gasteiger partial charge in [0, 0.05) is 0 Å². The minimum atomic E-state index is 0.794. The zero-order chi connectivity index (χ0) is 8.81. The predicted octanol–water partition coefficient (Wildman–Crippen LogP) is 2.22. The Kier molecular flexibility index (Phi) is 3.08. The van der Waals surface area contributed by atoms with Crippen molar-refractivity contribution in [1.82, 2.24) is 0 Å². The van der Waals surface area contributed by atoms with Gasteiger partial charge in [0.15, 0.2) is 0 Å². The fourth-order valence-electron chi connectivity index (χ4n) is 1.06. The lowest BCUT2D eigenvalue weighted by atomic mass is 10.1. The summed E-state index contributed by atoms with van der Waals surface area (Å²) in [6.07, 6.45) is 4.05. The largest absolute Gasteiger partial charge is 0.411 e. The average Bonchev–Trinajstić information content (AvgIpc) is 2.09. The first-order valence-electron chi connectivity index (χ1n) is 3.74. The molecular weight excluding hydrogens is 150 g/mol. The zero-order valence-corrected chi connectivity index (χ0v) is 6.77. The molecule has 0 amide bonds. The van der Waals surface area contributed by atoms with Crippen LogP contribution in [0.2, 0.25) is 0 Å². The number of allylic oxidation sites excluding steroid dienone is 1. The van der Waals surface area contributed by atoms with Crippen LogP contribution in [-0.4, -0.2) is 11.4 Å². The standard InChI is InChI=1S/C10H11NO/c1-2-5-9-6-3-4-7-10(9)8-11-12/h2-4,6-8,12H,1,5H2/b11-8+. The number of hydrogen-bond acceptors (Lipinski definition) is 2. The van der Waals surface area contributed by atoms with Gasteiger partial charge in [-0.25, -0.2) is 0 Å². The lowest BCUT2D eigenvalue weighted by Crippen LogP contribution is -1.90. The van der Waals surface area contributed by atoms with Crippen molar-refractivity contribution in [3.05, 3.63) is 48.0 Å². The summed E-state index contributed by atoms with van der Waals surface area (Å²) in [4.78, 5) is 0. The summed E-state index contributed by atoms with van der Waals surface area (Å²) in [7, 11) is 0. The van der Waals surface area contributed by atoms with Gasteiger partial charge in [0.05, 0.1) is 6.21 Å². The van der Waals surface area contributed by atoms with E-state index in [0.717, 1.165) is 17.5 Å². The van der Waals surface area contributed by atoms with Gasteiger partial charge < -0.3 is 5.21 Å². The lowest BCUT2D eigenvalue weighted by molar-refractivity contribution is 0.322. The molecule has 0 fully saturated rings. The molecule has 0 aromatic heterocycles. The van der Waals surface area contributed by atoms with Crippen LogP contribution >= 0.6 is 0 Å². The van der Waals surface area contributed by atoms with Crippen molar-refractivity contribution in [2.24, 2.45) is 5.16 Å². The smallest absolute Gasteiger partial charge is 0.0736 e. The van der Waals surface area contributed by atoms with Crippen LogP contribution in [0.25, 0.3) is 0 Å². The first-order chi connectivity index (χ1) is 5.88. The topological polar surface area (TPSA) is 32.6 Å². The van der Waals surface area contributed by atoms with Gasteiger partial charge in [-0.1, -0.05) is 35.5 Å². The highest BCUT2D eigenvalue weighted by molar-refractivity contribution is 5.81. The molecule has 0 bridgehead atoms. The molecule has 0 aliphatic carbocycles. The Morgan fingerprint density at radius 1 is 1.42 bits per heavy atom. The number of rotatable bonds is 3. The van der Waals surface area contributed by atoms with Crippen LogP contribution in [0.15, 0.2) is 42.1 Å². The Morgan fingerprint density at radius 2 is 2.17 bits per heavy atom. The van der Waals surface area contributed by atoms with E-state index in [1.165, 1.54) is 6.21 Å². The first kappa shape index (κ1) is 8.53. The van der Waals surface area contributed by atoms with Crippen molar-refractivity contribution >= 4 is 6.21 Å². The molecule has 2 heteroatoms. The Hall–Kier alpha value is -1.57. The van der Waals surface area contributed by atoms with Gasteiger partial charge in [-0.2, -0.15) is 0 Å². The number of oxime groups is 1. The third kappa shape index (κ3) is 1.95. The summed E-state index contributed by atoms with van der Waals surface area (Å²) < 4.78 is 0. The first-order valence-corrected chi connectivity index (χ1v) is 3.74. The van der Waals surface area contributed by atoms with Crippen LogP contribution in [0.5, 0.6) is 0 Å². The molecular formula is C10H11NO. The quantitative estimate of drug-likeness (QED) is 0.313. The third-order valence-corrected chi connectivity index (χ3v) is 1.62. The Labute approximate surface area is 71.8 Å². The minimum absolute atomic E-state index is 0.794. The summed E-state index contributed by atoms with van der Waals surface area (Å²) in [6, 6.07) is 7.74. The van der Waals surface area contributed by atoms with Crippen LogP contribution in [-0.2, 0) is 6.42 Å². The van der Waals surface area contributed by atoms with E-state index >= 15 is 0 Å². The Balaban J connectivity index is 2.99. The monoisotopic (exact) mass is 161 g/mol. The van der Waals surface area contributed by atoms with E-state index in [4.69, 9.17) is 5.21 Å². The number of benzene rings is 1. The summed E-state index contributed by atoms with van der Waals surface area (Å²) in [5.41, 5.74) is 2.05. The van der Waals surface area contributed by atoms with Crippen LogP contribution in [0.3, 0.4) is 0 Å². The van der Waals surface area contributed by atoms with Crippen LogP contribution < -0.4 is 0 Å². The van der Waals surface area contributed by atoms with E-state index in [0.29, 0.717) is 0 Å². The van der Waals surface area contributed by atoms with Crippen molar-refractivity contribution in [3.63, 3.8) is 0 Å². The molecule has 0 unspecified atom stereocenters. The van der Waals surface area contributed by atoms with Gasteiger partial charge in [0.1, 0.15) is 0 Å². The zero-order valence-electron chi connectivity index (χ0n) is 6.77. The predicted molar refractivity (Wildman–Crippen MR) is 49.7 cm³/mol. The summed E-state index contributed by atoms with van der Waals surface area (Å²) >= 11 is 0. The van der Waals surface area contributed by atoms with Gasteiger partial charge in [-0.15, -0.1) is 6.58 Å². The highest BCUT2D eigenvalue weighted by Gasteiger charge is 1.95. The Morgan fingerprint density at radius 3 is 2.83 bits per heavy atom. The van der Waals surface area contributed by atoms with Gasteiger partial charge in [0.25, 0.3) is 0 Å². The summed E-state index contributed by atoms with van der Waals surface area (Å²) in [5.74, 6) is 0. The molecule has 1 N–H and O–H groups in total. The molecule has 0 atom stereocenters. The SMILES string of the molecule is C=CCc1ccccc1/C=N/O. The second kappa shape index (κ2) is 4.34. The van der Waals surface area contributed by atoms with E-state index in [2.05, 4.69) is 11.7 Å². The molecule has 0 spiro atoms. The van der Waals surface area contributed by atoms with Crippen molar-refractivity contribution in [1.29, 1.82) is 0 Å². The third-order valence-electron chi connectivity index (χ3n) is 1.62. The van der Waals surface area contributed by atoms with Crippen molar-refractivity contribution < 1.29 is 5.21 Å². The molecule has 1 aromatic rings. The second-order valence-corrected chi connectivity index (χ2v) is 2.44. The molecule has 0 saturated carbocycles. The molecule has 0 heterocycles. The van der Waals surface area contributed by atoms with Crippen molar-refractivity contribution in [3.8, 4) is 0 Å². The second-order valence-electron chi connectivity index (χ2n) is 2.44. The fourth-order valence-corrected chi connectivity index (χ4v) is 1.06. The highest BCUT2D eigenvalue weighted by Crippen LogP contribution is 2.07. The van der Waals surface area contributed by atoms with Crippen LogP contribution in [0, 0.1) is 0 Å². The average molecular weight is 161 g/mol. The van der Waals surface area contributed by atoms with Gasteiger partial charge in [-0.3, -0.25) is 0 Å². The summed E-state index contributed by atoms with van der Waals surface area (Å²) in [6.45, 7) is 3.65. The highest BCUT2D eigenvalue weighted by atomic mass is 16.4. The van der Waals surface area contributed by atoms with E-state index in [1.54, 1.807) is 0 Å². The van der Waals surface area contributed by atoms with Gasteiger partial charge in [-0.05, 0) is 17.5 Å². The minimum Gasteiger partial charge on any atom is -0.411 e. The van der Waals surface area contributed by atoms with E-state index < -0.39 is 0 Å². The van der Waals surface area contributed by atoms with E-state index in [-0.39, 0.29) is 0 Å². The maximum atomic E-state index is 8.36. The number of nitrogens with zero attached hydrogens (tertiary/aromatic N) is 1. The van der Waals surface area contributed by atoms with E-state index in [1.807, 2.05) is 30.3 Å². The Bertz CT molecular complexity index is 292. The normalized spacial score (nSPS) is 10.3. The van der Waals surface area contributed by atoms with Crippen LogP contribution in [0.1, 0.15) is 11.1 Å². The molecule has 0 radical (unpaired) electrons. The molecule has 1 rings (SSSR count). The van der Waals surface area contributed by atoms with Gasteiger partial charge >= 0.3 is 0 Å². The molecule has 12 heavy (non-hydrogen) atoms. The lowest BCUT2D eigenvalue weighted by Gasteiger charge is -1.99. The molecule has 2 nitrogen and oxygen atoms in total. The molecule has 0 aliphatic rings. The maximum absolute atomic E-state index is 8.36.